The fourth-order valence-electron chi connectivity index (χ4n) is 4.30. The molecule has 2 aliphatic rings. The summed E-state index contributed by atoms with van der Waals surface area (Å²) in [6, 6.07) is 0.177. The van der Waals surface area contributed by atoms with E-state index in [1.54, 1.807) is 18.7 Å². The largest absolute Gasteiger partial charge is 0.373 e. The molecule has 2 aromatic rings. The molecule has 0 radical (unpaired) electrons. The molecule has 2 unspecified atom stereocenters. The molecule has 0 aromatic carbocycles. The molecule has 2 fully saturated rings. The van der Waals surface area contributed by atoms with Crippen molar-refractivity contribution in [1.29, 1.82) is 0 Å². The minimum Gasteiger partial charge on any atom is -0.373 e. The van der Waals surface area contributed by atoms with E-state index in [0.717, 1.165) is 32.1 Å². The van der Waals surface area contributed by atoms with Gasteiger partial charge in [-0.15, -0.1) is 0 Å². The van der Waals surface area contributed by atoms with Gasteiger partial charge in [-0.2, -0.15) is 4.98 Å². The van der Waals surface area contributed by atoms with E-state index >= 15 is 0 Å². The minimum atomic E-state index is -0.452. The van der Waals surface area contributed by atoms with Gasteiger partial charge in [-0.1, -0.05) is 25.7 Å². The summed E-state index contributed by atoms with van der Waals surface area (Å²) in [6.07, 6.45) is 9.82. The first kappa shape index (κ1) is 17.3. The molecule has 2 aromatic heterocycles. The number of H-pyrrole nitrogens is 1. The Kier molecular flexibility index (Phi) is 4.60. The second-order valence-corrected chi connectivity index (χ2v) is 7.60. The molecular formula is C18H27N5O3. The van der Waals surface area contributed by atoms with E-state index in [1.165, 1.54) is 23.8 Å². The second kappa shape index (κ2) is 6.90. The summed E-state index contributed by atoms with van der Waals surface area (Å²) < 4.78 is 9.50. The molecule has 142 valence electrons. The van der Waals surface area contributed by atoms with Crippen LogP contribution in [0.4, 0.5) is 5.95 Å². The lowest BCUT2D eigenvalue weighted by molar-refractivity contribution is -0.0323. The number of nitrogens with one attached hydrogen (secondary N) is 2. The summed E-state index contributed by atoms with van der Waals surface area (Å²) >= 11 is 0. The predicted molar refractivity (Wildman–Crippen MR) is 99.6 cm³/mol. The van der Waals surface area contributed by atoms with Gasteiger partial charge in [0.05, 0.1) is 18.2 Å². The highest BCUT2D eigenvalue weighted by Gasteiger charge is 2.30. The molecule has 26 heavy (non-hydrogen) atoms. The Balaban J connectivity index is 1.61. The molecule has 0 amide bonds. The molecule has 2 N–H and O–H groups in total. The monoisotopic (exact) mass is 361 g/mol. The van der Waals surface area contributed by atoms with Gasteiger partial charge in [0.15, 0.2) is 11.2 Å². The van der Waals surface area contributed by atoms with Gasteiger partial charge in [-0.25, -0.2) is 4.79 Å². The number of rotatable bonds is 4. The Hall–Kier alpha value is -2.09. The van der Waals surface area contributed by atoms with Gasteiger partial charge in [-0.3, -0.25) is 14.3 Å². The quantitative estimate of drug-likeness (QED) is 0.863. The first-order valence-corrected chi connectivity index (χ1v) is 9.62. The maximum Gasteiger partial charge on any atom is 0.329 e. The fourth-order valence-corrected chi connectivity index (χ4v) is 4.30. The highest BCUT2D eigenvalue weighted by atomic mass is 16.5. The SMILES string of the molecule is Cn1c(NC2CCCCC2OC2CCCC2)nc2c1c(=O)[nH]c(=O)n2C. The molecule has 2 aliphatic carbocycles. The van der Waals surface area contributed by atoms with Crippen LogP contribution in [0.2, 0.25) is 0 Å². The lowest BCUT2D eigenvalue weighted by Gasteiger charge is -2.34. The van der Waals surface area contributed by atoms with Crippen LogP contribution < -0.4 is 16.6 Å². The van der Waals surface area contributed by atoms with Gasteiger partial charge in [-0.05, 0) is 25.7 Å². The summed E-state index contributed by atoms with van der Waals surface area (Å²) in [5, 5.41) is 3.50. The number of imidazole rings is 1. The Morgan fingerprint density at radius 3 is 2.50 bits per heavy atom. The number of ether oxygens (including phenoxy) is 1. The highest BCUT2D eigenvalue weighted by molar-refractivity contribution is 5.73. The fraction of sp³-hybridized carbons (Fsp3) is 0.722. The van der Waals surface area contributed by atoms with Crippen molar-refractivity contribution in [3.63, 3.8) is 0 Å². The average molecular weight is 361 g/mol. The van der Waals surface area contributed by atoms with Crippen molar-refractivity contribution in [3.8, 4) is 0 Å². The first-order chi connectivity index (χ1) is 12.5. The van der Waals surface area contributed by atoms with E-state index < -0.39 is 11.2 Å². The molecule has 8 heteroatoms. The van der Waals surface area contributed by atoms with Crippen molar-refractivity contribution in [1.82, 2.24) is 19.1 Å². The molecule has 0 bridgehead atoms. The van der Waals surface area contributed by atoms with E-state index in [-0.39, 0.29) is 12.1 Å². The van der Waals surface area contributed by atoms with E-state index in [1.807, 2.05) is 0 Å². The molecule has 2 heterocycles. The van der Waals surface area contributed by atoms with Crippen molar-refractivity contribution in [2.45, 2.75) is 69.6 Å². The third kappa shape index (κ3) is 3.06. The van der Waals surface area contributed by atoms with Crippen LogP contribution in [0.25, 0.3) is 11.2 Å². The van der Waals surface area contributed by atoms with Crippen LogP contribution in [-0.4, -0.2) is 37.4 Å². The van der Waals surface area contributed by atoms with Crippen molar-refractivity contribution < 1.29 is 4.74 Å². The Morgan fingerprint density at radius 1 is 1.04 bits per heavy atom. The summed E-state index contributed by atoms with van der Waals surface area (Å²) in [5.41, 5.74) is -0.0627. The molecule has 2 saturated carbocycles. The van der Waals surface area contributed by atoms with Crippen LogP contribution >= 0.6 is 0 Å². The topological polar surface area (TPSA) is 93.9 Å². The third-order valence-electron chi connectivity index (χ3n) is 5.82. The van der Waals surface area contributed by atoms with E-state index in [9.17, 15) is 9.59 Å². The lowest BCUT2D eigenvalue weighted by Crippen LogP contribution is -2.40. The zero-order valence-corrected chi connectivity index (χ0v) is 15.5. The van der Waals surface area contributed by atoms with Crippen molar-refractivity contribution in [3.05, 3.63) is 20.8 Å². The minimum absolute atomic E-state index is 0.175. The molecule has 0 spiro atoms. The number of nitrogens with zero attached hydrogens (tertiary/aromatic N) is 3. The lowest BCUT2D eigenvalue weighted by atomic mass is 9.92. The maximum absolute atomic E-state index is 12.2. The van der Waals surface area contributed by atoms with Gasteiger partial charge in [0.1, 0.15) is 0 Å². The Bertz CT molecular complexity index is 906. The third-order valence-corrected chi connectivity index (χ3v) is 5.82. The van der Waals surface area contributed by atoms with E-state index in [2.05, 4.69) is 15.3 Å². The van der Waals surface area contributed by atoms with Crippen molar-refractivity contribution >= 4 is 17.1 Å². The maximum atomic E-state index is 12.2. The zero-order valence-electron chi connectivity index (χ0n) is 15.5. The summed E-state index contributed by atoms with van der Waals surface area (Å²) in [4.78, 5) is 30.9. The molecule has 2 atom stereocenters. The van der Waals surface area contributed by atoms with Crippen LogP contribution in [-0.2, 0) is 18.8 Å². The molecular weight excluding hydrogens is 334 g/mol. The zero-order chi connectivity index (χ0) is 18.3. The molecule has 8 nitrogen and oxygen atoms in total. The average Bonchev–Trinajstić information content (AvgIpc) is 3.23. The second-order valence-electron chi connectivity index (χ2n) is 7.60. The van der Waals surface area contributed by atoms with Crippen LogP contribution in [0.3, 0.4) is 0 Å². The summed E-state index contributed by atoms with van der Waals surface area (Å²) in [6.45, 7) is 0. The van der Waals surface area contributed by atoms with Gasteiger partial charge < -0.3 is 14.6 Å². The summed E-state index contributed by atoms with van der Waals surface area (Å²) in [7, 11) is 3.41. The normalized spacial score (nSPS) is 24.4. The van der Waals surface area contributed by atoms with Crippen LogP contribution in [0.1, 0.15) is 51.4 Å². The predicted octanol–water partition coefficient (Wildman–Crippen LogP) is 1.64. The molecule has 4 rings (SSSR count). The van der Waals surface area contributed by atoms with Crippen molar-refractivity contribution in [2.75, 3.05) is 5.32 Å². The smallest absolute Gasteiger partial charge is 0.329 e. The number of aromatic amines is 1. The Labute approximate surface area is 151 Å². The standard InChI is InChI=1S/C18H27N5O3/c1-22-14-15(23(2)18(25)21-16(14)24)20-17(22)19-12-9-5-6-10-13(12)26-11-7-3-4-8-11/h11-13H,3-10H2,1-2H3,(H,19,20)(H,21,24,25). The first-order valence-electron chi connectivity index (χ1n) is 9.62. The number of hydrogen-bond donors (Lipinski definition) is 2. The molecule has 0 aliphatic heterocycles. The number of hydrogen-bond acceptors (Lipinski definition) is 5. The Morgan fingerprint density at radius 2 is 1.73 bits per heavy atom. The van der Waals surface area contributed by atoms with Gasteiger partial charge >= 0.3 is 5.69 Å². The van der Waals surface area contributed by atoms with Crippen LogP contribution in [0.15, 0.2) is 9.59 Å². The number of aryl methyl sites for hydroxylation is 2. The number of fused-ring (bicyclic) bond motifs is 1. The van der Waals surface area contributed by atoms with Crippen LogP contribution in [0.5, 0.6) is 0 Å². The van der Waals surface area contributed by atoms with Gasteiger partial charge in [0.25, 0.3) is 5.56 Å². The van der Waals surface area contributed by atoms with E-state index in [4.69, 9.17) is 4.74 Å². The summed E-state index contributed by atoms with van der Waals surface area (Å²) in [5.74, 6) is 0.610. The number of aromatic nitrogens is 4. The van der Waals surface area contributed by atoms with Crippen molar-refractivity contribution in [2.24, 2.45) is 14.1 Å². The van der Waals surface area contributed by atoms with Gasteiger partial charge in [0, 0.05) is 14.1 Å². The highest BCUT2D eigenvalue weighted by Crippen LogP contribution is 2.30. The van der Waals surface area contributed by atoms with Gasteiger partial charge in [0.2, 0.25) is 5.95 Å². The van der Waals surface area contributed by atoms with E-state index in [0.29, 0.717) is 23.2 Å². The van der Waals surface area contributed by atoms with Crippen LogP contribution in [0, 0.1) is 0 Å². The number of anilines is 1. The molecule has 0 saturated heterocycles.